The first-order valence-electron chi connectivity index (χ1n) is 9.64. The number of benzene rings is 2. The van der Waals surface area contributed by atoms with Crippen LogP contribution < -0.4 is 14.8 Å². The van der Waals surface area contributed by atoms with Crippen molar-refractivity contribution in [1.29, 1.82) is 0 Å². The van der Waals surface area contributed by atoms with Crippen LogP contribution in [-0.4, -0.2) is 32.6 Å². The molecule has 0 aromatic heterocycles. The molecule has 146 valence electrons. The molecule has 0 amide bonds. The lowest BCUT2D eigenvalue weighted by Crippen LogP contribution is -2.38. The highest BCUT2D eigenvalue weighted by atomic mass is 16.5. The fraction of sp³-hybridized carbons (Fsp3) is 0.435. The normalized spacial score (nSPS) is 11.9. The van der Waals surface area contributed by atoms with E-state index in [1.165, 1.54) is 5.56 Å². The summed E-state index contributed by atoms with van der Waals surface area (Å²) in [6.07, 6.45) is 3.76. The second kappa shape index (κ2) is 10.7. The molecular weight excluding hydrogens is 338 g/mol. The standard InChI is InChI=1S/C23H31NO3/c1-5-6-14-24-20(13-12-18-10-8-7-9-11-18)23(25)19-15-21(26-3)17(2)22(16-19)27-4/h7-11,15-16,20,24H,5-6,12-14H2,1-4H3. The molecule has 0 saturated carbocycles. The zero-order valence-electron chi connectivity index (χ0n) is 16.9. The van der Waals surface area contributed by atoms with Crippen LogP contribution in [0.3, 0.4) is 0 Å². The van der Waals surface area contributed by atoms with Crippen molar-refractivity contribution < 1.29 is 14.3 Å². The van der Waals surface area contributed by atoms with E-state index >= 15 is 0 Å². The summed E-state index contributed by atoms with van der Waals surface area (Å²) in [7, 11) is 3.23. The number of hydrogen-bond acceptors (Lipinski definition) is 4. The first kappa shape index (κ1) is 21.0. The van der Waals surface area contributed by atoms with Gasteiger partial charge in [-0.3, -0.25) is 4.79 Å². The molecule has 2 rings (SSSR count). The van der Waals surface area contributed by atoms with Gasteiger partial charge in [0.25, 0.3) is 0 Å². The second-order valence-corrected chi connectivity index (χ2v) is 6.75. The van der Waals surface area contributed by atoms with Crippen molar-refractivity contribution in [2.24, 2.45) is 0 Å². The van der Waals surface area contributed by atoms with Crippen LogP contribution in [0.2, 0.25) is 0 Å². The van der Waals surface area contributed by atoms with Gasteiger partial charge < -0.3 is 14.8 Å². The molecule has 0 aliphatic heterocycles. The largest absolute Gasteiger partial charge is 0.496 e. The quantitative estimate of drug-likeness (QED) is 0.465. The number of ether oxygens (including phenoxy) is 2. The van der Waals surface area contributed by atoms with Gasteiger partial charge in [0.1, 0.15) is 11.5 Å². The molecular formula is C23H31NO3. The molecule has 27 heavy (non-hydrogen) atoms. The molecule has 0 aliphatic rings. The molecule has 1 unspecified atom stereocenters. The van der Waals surface area contributed by atoms with Crippen molar-refractivity contribution in [3.8, 4) is 11.5 Å². The summed E-state index contributed by atoms with van der Waals surface area (Å²) in [6, 6.07) is 13.7. The van der Waals surface area contributed by atoms with E-state index in [-0.39, 0.29) is 11.8 Å². The predicted octanol–water partition coefficient (Wildman–Crippen LogP) is 4.59. The first-order chi connectivity index (χ1) is 13.1. The maximum Gasteiger partial charge on any atom is 0.180 e. The van der Waals surface area contributed by atoms with Crippen LogP contribution >= 0.6 is 0 Å². The van der Waals surface area contributed by atoms with E-state index in [1.807, 2.05) is 37.3 Å². The Balaban J connectivity index is 2.21. The van der Waals surface area contributed by atoms with Crippen molar-refractivity contribution in [2.45, 2.75) is 45.6 Å². The van der Waals surface area contributed by atoms with Crippen LogP contribution in [0.4, 0.5) is 0 Å². The van der Waals surface area contributed by atoms with Crippen LogP contribution in [0.5, 0.6) is 11.5 Å². The number of ketones is 1. The van der Waals surface area contributed by atoms with E-state index in [0.29, 0.717) is 17.1 Å². The Bertz CT molecular complexity index is 703. The molecule has 4 nitrogen and oxygen atoms in total. The number of nitrogens with one attached hydrogen (secondary N) is 1. The molecule has 1 atom stereocenters. The van der Waals surface area contributed by atoms with Crippen LogP contribution in [0.1, 0.15) is 47.7 Å². The molecule has 0 radical (unpaired) electrons. The van der Waals surface area contributed by atoms with Gasteiger partial charge in [-0.05, 0) is 50.4 Å². The Morgan fingerprint density at radius 2 is 1.70 bits per heavy atom. The van der Waals surface area contributed by atoms with Gasteiger partial charge in [0.15, 0.2) is 5.78 Å². The number of carbonyl (C=O) groups excluding carboxylic acids is 1. The lowest BCUT2D eigenvalue weighted by atomic mass is 9.96. The molecule has 2 aromatic rings. The highest BCUT2D eigenvalue weighted by Gasteiger charge is 2.22. The summed E-state index contributed by atoms with van der Waals surface area (Å²) in [5, 5.41) is 3.45. The van der Waals surface area contributed by atoms with Gasteiger partial charge in [0, 0.05) is 11.1 Å². The Hall–Kier alpha value is -2.33. The molecule has 1 N–H and O–H groups in total. The average Bonchev–Trinajstić information content (AvgIpc) is 2.71. The summed E-state index contributed by atoms with van der Waals surface area (Å²) in [5.41, 5.74) is 2.76. The summed E-state index contributed by atoms with van der Waals surface area (Å²) < 4.78 is 10.9. The van der Waals surface area contributed by atoms with E-state index < -0.39 is 0 Å². The third-order valence-corrected chi connectivity index (χ3v) is 4.84. The number of aryl methyl sites for hydroxylation is 1. The van der Waals surface area contributed by atoms with Crippen LogP contribution in [-0.2, 0) is 6.42 Å². The molecule has 0 aliphatic carbocycles. The first-order valence-corrected chi connectivity index (χ1v) is 9.64. The lowest BCUT2D eigenvalue weighted by Gasteiger charge is -2.19. The summed E-state index contributed by atoms with van der Waals surface area (Å²) in [4.78, 5) is 13.2. The fourth-order valence-corrected chi connectivity index (χ4v) is 3.16. The van der Waals surface area contributed by atoms with Crippen LogP contribution in [0.15, 0.2) is 42.5 Å². The molecule has 0 fully saturated rings. The summed E-state index contributed by atoms with van der Waals surface area (Å²) in [6.45, 7) is 4.91. The fourth-order valence-electron chi connectivity index (χ4n) is 3.16. The van der Waals surface area contributed by atoms with Crippen molar-refractivity contribution in [1.82, 2.24) is 5.32 Å². The Morgan fingerprint density at radius 1 is 1.07 bits per heavy atom. The second-order valence-electron chi connectivity index (χ2n) is 6.75. The smallest absolute Gasteiger partial charge is 0.180 e. The van der Waals surface area contributed by atoms with Gasteiger partial charge in [-0.25, -0.2) is 0 Å². The molecule has 0 spiro atoms. The zero-order chi connectivity index (χ0) is 19.6. The number of methoxy groups -OCH3 is 2. The highest BCUT2D eigenvalue weighted by molar-refractivity contribution is 6.01. The number of hydrogen-bond donors (Lipinski definition) is 1. The maximum absolute atomic E-state index is 13.2. The summed E-state index contributed by atoms with van der Waals surface area (Å²) in [5.74, 6) is 1.43. The molecule has 0 bridgehead atoms. The van der Waals surface area contributed by atoms with Gasteiger partial charge in [-0.15, -0.1) is 0 Å². The van der Waals surface area contributed by atoms with Gasteiger partial charge >= 0.3 is 0 Å². The van der Waals surface area contributed by atoms with Crippen molar-refractivity contribution in [3.05, 3.63) is 59.2 Å². The van der Waals surface area contributed by atoms with E-state index in [1.54, 1.807) is 14.2 Å². The topological polar surface area (TPSA) is 47.6 Å². The number of Topliss-reactive ketones (excluding diaryl/α,β-unsaturated/α-hetero) is 1. The average molecular weight is 370 g/mol. The highest BCUT2D eigenvalue weighted by Crippen LogP contribution is 2.30. The number of rotatable bonds is 11. The number of carbonyl (C=O) groups is 1. The SMILES string of the molecule is CCCCNC(CCc1ccccc1)C(=O)c1cc(OC)c(C)c(OC)c1. The third-order valence-electron chi connectivity index (χ3n) is 4.84. The monoisotopic (exact) mass is 369 g/mol. The Labute approximate surface area is 162 Å². The van der Waals surface area contributed by atoms with E-state index in [4.69, 9.17) is 9.47 Å². The number of unbranched alkanes of at least 4 members (excludes halogenated alkanes) is 1. The van der Waals surface area contributed by atoms with Gasteiger partial charge in [0.05, 0.1) is 20.3 Å². The van der Waals surface area contributed by atoms with Gasteiger partial charge in [-0.2, -0.15) is 0 Å². The third kappa shape index (κ3) is 5.83. The minimum absolute atomic E-state index is 0.0821. The minimum Gasteiger partial charge on any atom is -0.496 e. The lowest BCUT2D eigenvalue weighted by molar-refractivity contribution is 0.0937. The van der Waals surface area contributed by atoms with Gasteiger partial charge in [0.2, 0.25) is 0 Å². The summed E-state index contributed by atoms with van der Waals surface area (Å²) >= 11 is 0. The van der Waals surface area contributed by atoms with E-state index in [2.05, 4.69) is 24.4 Å². The molecule has 0 heterocycles. The zero-order valence-corrected chi connectivity index (χ0v) is 16.9. The maximum atomic E-state index is 13.2. The van der Waals surface area contributed by atoms with Crippen molar-refractivity contribution in [2.75, 3.05) is 20.8 Å². The van der Waals surface area contributed by atoms with Gasteiger partial charge in [-0.1, -0.05) is 43.7 Å². The minimum atomic E-state index is -0.228. The molecule has 4 heteroatoms. The van der Waals surface area contributed by atoms with Crippen LogP contribution in [0, 0.1) is 6.92 Å². The van der Waals surface area contributed by atoms with E-state index in [0.717, 1.165) is 37.8 Å². The molecule has 0 saturated heterocycles. The van der Waals surface area contributed by atoms with Crippen LogP contribution in [0.25, 0.3) is 0 Å². The molecule has 2 aromatic carbocycles. The Morgan fingerprint density at radius 3 is 2.26 bits per heavy atom. The van der Waals surface area contributed by atoms with Crippen molar-refractivity contribution in [3.63, 3.8) is 0 Å². The van der Waals surface area contributed by atoms with Crippen molar-refractivity contribution >= 4 is 5.78 Å². The Kier molecular flexibility index (Phi) is 8.34. The van der Waals surface area contributed by atoms with E-state index in [9.17, 15) is 4.79 Å². The predicted molar refractivity (Wildman–Crippen MR) is 110 cm³/mol.